The van der Waals surface area contributed by atoms with E-state index in [9.17, 15) is 4.79 Å². The van der Waals surface area contributed by atoms with Gasteiger partial charge in [-0.1, -0.05) is 6.07 Å². The quantitative estimate of drug-likeness (QED) is 0.597. The maximum Gasteiger partial charge on any atom is 0.263 e. The number of carbonyl (C=O) groups excluding carboxylic acids is 1. The third-order valence-corrected chi connectivity index (χ3v) is 6.94. The molecule has 3 aromatic rings. The number of rotatable bonds is 3. The summed E-state index contributed by atoms with van der Waals surface area (Å²) in [6, 6.07) is 10.3. The van der Waals surface area contributed by atoms with Crippen LogP contribution in [0.5, 0.6) is 5.75 Å². The highest BCUT2D eigenvalue weighted by molar-refractivity contribution is 7.21. The molecular formula is C22H25N5O2S. The molecule has 5 rings (SSSR count). The van der Waals surface area contributed by atoms with E-state index in [1.165, 1.54) is 11.3 Å². The Kier molecular flexibility index (Phi) is 4.75. The molecule has 7 nitrogen and oxygen atoms in total. The number of ether oxygens (including phenoxy) is 1. The number of aryl methyl sites for hydroxylation is 1. The summed E-state index contributed by atoms with van der Waals surface area (Å²) in [7, 11) is 0. The second-order valence-electron chi connectivity index (χ2n) is 8.12. The van der Waals surface area contributed by atoms with Gasteiger partial charge >= 0.3 is 0 Å². The number of nitrogen functional groups attached to an aromatic ring is 1. The predicted octanol–water partition coefficient (Wildman–Crippen LogP) is 2.46. The fourth-order valence-electron chi connectivity index (χ4n) is 4.18. The predicted molar refractivity (Wildman–Crippen MR) is 120 cm³/mol. The molecule has 0 bridgehead atoms. The summed E-state index contributed by atoms with van der Waals surface area (Å²) in [5.74, 6) is 0.715. The lowest BCUT2D eigenvalue weighted by molar-refractivity contribution is 0.0920. The summed E-state index contributed by atoms with van der Waals surface area (Å²) in [5.41, 5.74) is 15.9. The Morgan fingerprint density at radius 1 is 1.33 bits per heavy atom. The first-order valence-corrected chi connectivity index (χ1v) is 11.0. The van der Waals surface area contributed by atoms with Crippen molar-refractivity contribution >= 4 is 38.8 Å². The van der Waals surface area contributed by atoms with Crippen molar-refractivity contribution < 1.29 is 9.53 Å². The third-order valence-electron chi connectivity index (χ3n) is 5.82. The SMILES string of the molecule is Cc1ccc2c(N)c(C(=O)NC3COc4cc(N5CCC(N)C5)ccc4C3)sc2n1. The Labute approximate surface area is 179 Å². The van der Waals surface area contributed by atoms with Crippen LogP contribution in [0.15, 0.2) is 30.3 Å². The number of thiophene rings is 1. The largest absolute Gasteiger partial charge is 0.491 e. The lowest BCUT2D eigenvalue weighted by atomic mass is 10.0. The first-order valence-electron chi connectivity index (χ1n) is 10.2. The monoisotopic (exact) mass is 423 g/mol. The number of pyridine rings is 1. The number of hydrogen-bond donors (Lipinski definition) is 3. The number of anilines is 2. The Hall–Kier alpha value is -2.84. The van der Waals surface area contributed by atoms with Gasteiger partial charge in [0.25, 0.3) is 5.91 Å². The molecule has 0 spiro atoms. The summed E-state index contributed by atoms with van der Waals surface area (Å²) in [4.78, 5) is 21.0. The highest BCUT2D eigenvalue weighted by Crippen LogP contribution is 2.34. The smallest absolute Gasteiger partial charge is 0.263 e. The Morgan fingerprint density at radius 3 is 3.00 bits per heavy atom. The van der Waals surface area contributed by atoms with Crippen molar-refractivity contribution in [2.75, 3.05) is 30.3 Å². The Bertz CT molecular complexity index is 1130. The van der Waals surface area contributed by atoms with E-state index in [-0.39, 0.29) is 18.0 Å². The molecular weight excluding hydrogens is 398 g/mol. The van der Waals surface area contributed by atoms with Gasteiger partial charge in [-0.05, 0) is 43.5 Å². The number of nitrogens with two attached hydrogens (primary N) is 2. The summed E-state index contributed by atoms with van der Waals surface area (Å²) in [5, 5.41) is 3.91. The van der Waals surface area contributed by atoms with Crippen molar-refractivity contribution in [3.8, 4) is 5.75 Å². The van der Waals surface area contributed by atoms with Crippen LogP contribution in [0.3, 0.4) is 0 Å². The van der Waals surface area contributed by atoms with Crippen molar-refractivity contribution in [2.45, 2.75) is 31.8 Å². The van der Waals surface area contributed by atoms with E-state index in [4.69, 9.17) is 16.2 Å². The average Bonchev–Trinajstić information content (AvgIpc) is 3.31. The van der Waals surface area contributed by atoms with Gasteiger partial charge in [0.15, 0.2) is 0 Å². The molecule has 0 saturated carbocycles. The number of fused-ring (bicyclic) bond motifs is 2. The zero-order chi connectivity index (χ0) is 20.8. The maximum absolute atomic E-state index is 12.9. The van der Waals surface area contributed by atoms with Gasteiger partial charge in [-0.2, -0.15) is 0 Å². The molecule has 2 atom stereocenters. The molecule has 30 heavy (non-hydrogen) atoms. The van der Waals surface area contributed by atoms with Crippen LogP contribution in [0.4, 0.5) is 11.4 Å². The van der Waals surface area contributed by atoms with Crippen LogP contribution in [0.2, 0.25) is 0 Å². The average molecular weight is 424 g/mol. The van der Waals surface area contributed by atoms with Crippen LogP contribution in [-0.2, 0) is 6.42 Å². The van der Waals surface area contributed by atoms with E-state index < -0.39 is 0 Å². The first-order chi connectivity index (χ1) is 14.5. The molecule has 2 aliphatic rings. The molecule has 2 unspecified atom stereocenters. The number of nitrogens with one attached hydrogen (secondary N) is 1. The zero-order valence-corrected chi connectivity index (χ0v) is 17.7. The van der Waals surface area contributed by atoms with Gasteiger partial charge < -0.3 is 26.4 Å². The van der Waals surface area contributed by atoms with Crippen LogP contribution in [0, 0.1) is 6.92 Å². The molecule has 8 heteroatoms. The lowest BCUT2D eigenvalue weighted by Gasteiger charge is -2.28. The molecule has 1 amide bonds. The Balaban J connectivity index is 1.30. The molecule has 2 aromatic heterocycles. The van der Waals surface area contributed by atoms with Crippen LogP contribution >= 0.6 is 11.3 Å². The number of amides is 1. The zero-order valence-electron chi connectivity index (χ0n) is 16.9. The van der Waals surface area contributed by atoms with Crippen molar-refractivity contribution in [1.82, 2.24) is 10.3 Å². The molecule has 2 aliphatic heterocycles. The summed E-state index contributed by atoms with van der Waals surface area (Å²) in [6.45, 7) is 4.21. The van der Waals surface area contributed by atoms with E-state index in [0.29, 0.717) is 17.2 Å². The number of benzene rings is 1. The molecule has 4 heterocycles. The fraction of sp³-hybridized carbons (Fsp3) is 0.364. The van der Waals surface area contributed by atoms with Gasteiger partial charge in [-0.25, -0.2) is 4.98 Å². The van der Waals surface area contributed by atoms with Crippen LogP contribution in [0.25, 0.3) is 10.2 Å². The second-order valence-corrected chi connectivity index (χ2v) is 9.12. The standard InChI is InChI=1S/C22H25N5O2S/c1-12-2-5-17-19(24)20(30-22(17)25-12)21(28)26-15-8-13-3-4-16(9-18(13)29-11-15)27-7-6-14(23)10-27/h2-5,9,14-15H,6-8,10-11,23-24H2,1H3,(H,26,28). The van der Waals surface area contributed by atoms with Crippen molar-refractivity contribution in [3.63, 3.8) is 0 Å². The molecule has 0 aliphatic carbocycles. The Morgan fingerprint density at radius 2 is 2.20 bits per heavy atom. The molecule has 0 radical (unpaired) electrons. The van der Waals surface area contributed by atoms with E-state index in [1.54, 1.807) is 0 Å². The molecule has 5 N–H and O–H groups in total. The summed E-state index contributed by atoms with van der Waals surface area (Å²) in [6.07, 6.45) is 1.74. The first kappa shape index (κ1) is 19.1. The van der Waals surface area contributed by atoms with Crippen molar-refractivity contribution in [3.05, 3.63) is 46.5 Å². The second kappa shape index (κ2) is 7.45. The van der Waals surface area contributed by atoms with Gasteiger partial charge in [0, 0.05) is 42.0 Å². The molecule has 1 saturated heterocycles. The minimum Gasteiger partial charge on any atom is -0.491 e. The highest BCUT2D eigenvalue weighted by atomic mass is 32.1. The number of nitrogens with zero attached hydrogens (tertiary/aromatic N) is 2. The maximum atomic E-state index is 12.9. The van der Waals surface area contributed by atoms with Crippen LogP contribution < -0.4 is 26.4 Å². The molecule has 1 fully saturated rings. The minimum atomic E-state index is -0.173. The van der Waals surface area contributed by atoms with Gasteiger partial charge in [0.1, 0.15) is 22.1 Å². The molecule has 1 aromatic carbocycles. The van der Waals surface area contributed by atoms with Gasteiger partial charge in [0.2, 0.25) is 0 Å². The topological polar surface area (TPSA) is 106 Å². The summed E-state index contributed by atoms with van der Waals surface area (Å²) < 4.78 is 5.99. The van der Waals surface area contributed by atoms with E-state index in [2.05, 4.69) is 33.4 Å². The minimum absolute atomic E-state index is 0.102. The van der Waals surface area contributed by atoms with E-state index >= 15 is 0 Å². The van der Waals surface area contributed by atoms with E-state index in [1.807, 2.05) is 19.1 Å². The number of hydrogen-bond acceptors (Lipinski definition) is 7. The summed E-state index contributed by atoms with van der Waals surface area (Å²) >= 11 is 1.33. The van der Waals surface area contributed by atoms with Crippen LogP contribution in [0.1, 0.15) is 27.3 Å². The van der Waals surface area contributed by atoms with Crippen molar-refractivity contribution in [2.24, 2.45) is 5.73 Å². The fourth-order valence-corrected chi connectivity index (χ4v) is 5.22. The number of carbonyl (C=O) groups is 1. The van der Waals surface area contributed by atoms with Gasteiger partial charge in [0.05, 0.1) is 11.7 Å². The molecule has 156 valence electrons. The number of aromatic nitrogens is 1. The van der Waals surface area contributed by atoms with Crippen LogP contribution in [-0.4, -0.2) is 42.7 Å². The normalized spacial score (nSPS) is 20.8. The third kappa shape index (κ3) is 3.46. The van der Waals surface area contributed by atoms with Gasteiger partial charge in [-0.15, -0.1) is 11.3 Å². The van der Waals surface area contributed by atoms with Gasteiger partial charge in [-0.3, -0.25) is 4.79 Å². The highest BCUT2D eigenvalue weighted by Gasteiger charge is 2.26. The lowest BCUT2D eigenvalue weighted by Crippen LogP contribution is -2.42. The van der Waals surface area contributed by atoms with Crippen molar-refractivity contribution in [1.29, 1.82) is 0 Å². The van der Waals surface area contributed by atoms with E-state index in [0.717, 1.165) is 58.8 Å².